The molecule has 110 valence electrons. The van der Waals surface area contributed by atoms with Gasteiger partial charge in [-0.3, -0.25) is 9.78 Å². The Morgan fingerprint density at radius 3 is 2.48 bits per heavy atom. The Morgan fingerprint density at radius 2 is 1.86 bits per heavy atom. The Hall–Kier alpha value is -2.20. The van der Waals surface area contributed by atoms with Crippen molar-refractivity contribution in [3.8, 4) is 0 Å². The second-order valence-electron chi connectivity index (χ2n) is 4.79. The lowest BCUT2D eigenvalue weighted by atomic mass is 9.91. The maximum Gasteiger partial charge on any atom is 0.307 e. The van der Waals surface area contributed by atoms with Crippen molar-refractivity contribution in [3.63, 3.8) is 0 Å². The van der Waals surface area contributed by atoms with E-state index in [9.17, 15) is 4.79 Å². The van der Waals surface area contributed by atoms with E-state index in [2.05, 4.69) is 9.72 Å². The minimum absolute atomic E-state index is 0.214. The van der Waals surface area contributed by atoms with Crippen molar-refractivity contribution in [2.75, 3.05) is 13.7 Å². The Bertz CT molecular complexity index is 530. The molecule has 2 rings (SSSR count). The van der Waals surface area contributed by atoms with Gasteiger partial charge in [0, 0.05) is 6.20 Å². The molecule has 0 aliphatic rings. The van der Waals surface area contributed by atoms with Gasteiger partial charge in [0.15, 0.2) is 0 Å². The van der Waals surface area contributed by atoms with Gasteiger partial charge in [0.25, 0.3) is 0 Å². The molecule has 1 atom stereocenters. The molecule has 0 radical (unpaired) electrons. The number of hydrogen-bond acceptors (Lipinski definition) is 4. The largest absolute Gasteiger partial charge is 0.469 e. The fraction of sp³-hybridized carbons (Fsp3) is 0.294. The van der Waals surface area contributed by atoms with Gasteiger partial charge in [0.1, 0.15) is 5.60 Å². The normalized spacial score (nSPS) is 13.4. The van der Waals surface area contributed by atoms with Crippen LogP contribution in [0, 0.1) is 0 Å². The topological polar surface area (TPSA) is 48.4 Å². The van der Waals surface area contributed by atoms with Crippen LogP contribution in [0.2, 0.25) is 0 Å². The summed E-state index contributed by atoms with van der Waals surface area (Å²) in [7, 11) is 1.37. The Labute approximate surface area is 124 Å². The van der Waals surface area contributed by atoms with E-state index in [4.69, 9.17) is 4.74 Å². The molecule has 1 aromatic carbocycles. The SMILES string of the molecule is COC(=O)CCOC(C)(c1ccccc1)c1ccccn1. The summed E-state index contributed by atoms with van der Waals surface area (Å²) in [6.07, 6.45) is 1.95. The van der Waals surface area contributed by atoms with E-state index in [0.29, 0.717) is 0 Å². The fourth-order valence-corrected chi connectivity index (χ4v) is 2.15. The molecule has 0 aliphatic carbocycles. The molecular formula is C17H19NO3. The molecule has 0 saturated carbocycles. The van der Waals surface area contributed by atoms with Crippen molar-refractivity contribution >= 4 is 5.97 Å². The molecule has 0 amide bonds. The Balaban J connectivity index is 2.25. The number of hydrogen-bond donors (Lipinski definition) is 0. The molecule has 1 unspecified atom stereocenters. The summed E-state index contributed by atoms with van der Waals surface area (Å²) in [5, 5.41) is 0. The summed E-state index contributed by atoms with van der Waals surface area (Å²) in [6.45, 7) is 2.23. The molecule has 4 nitrogen and oxygen atoms in total. The van der Waals surface area contributed by atoms with Gasteiger partial charge in [-0.15, -0.1) is 0 Å². The summed E-state index contributed by atoms with van der Waals surface area (Å²) in [6, 6.07) is 15.6. The minimum atomic E-state index is -0.698. The van der Waals surface area contributed by atoms with E-state index < -0.39 is 5.60 Å². The molecule has 0 saturated heterocycles. The molecular weight excluding hydrogens is 266 g/mol. The van der Waals surface area contributed by atoms with Crippen molar-refractivity contribution < 1.29 is 14.3 Å². The monoisotopic (exact) mass is 285 g/mol. The Morgan fingerprint density at radius 1 is 1.14 bits per heavy atom. The van der Waals surface area contributed by atoms with Crippen LogP contribution in [0.3, 0.4) is 0 Å². The first-order chi connectivity index (χ1) is 10.2. The van der Waals surface area contributed by atoms with Crippen molar-refractivity contribution in [3.05, 3.63) is 66.0 Å². The molecule has 0 spiro atoms. The van der Waals surface area contributed by atoms with Crippen LogP contribution in [0.5, 0.6) is 0 Å². The van der Waals surface area contributed by atoms with Crippen LogP contribution in [0.4, 0.5) is 0 Å². The minimum Gasteiger partial charge on any atom is -0.469 e. The summed E-state index contributed by atoms with van der Waals surface area (Å²) < 4.78 is 10.7. The van der Waals surface area contributed by atoms with Crippen LogP contribution < -0.4 is 0 Å². The van der Waals surface area contributed by atoms with Gasteiger partial charge in [0.05, 0.1) is 25.8 Å². The van der Waals surface area contributed by atoms with Crippen LogP contribution in [0.25, 0.3) is 0 Å². The maximum atomic E-state index is 11.3. The number of aromatic nitrogens is 1. The van der Waals surface area contributed by atoms with E-state index in [-0.39, 0.29) is 19.0 Å². The molecule has 0 aliphatic heterocycles. The van der Waals surface area contributed by atoms with Gasteiger partial charge in [-0.05, 0) is 24.6 Å². The number of esters is 1. The first kappa shape index (κ1) is 15.2. The Kier molecular flexibility index (Phi) is 5.06. The second-order valence-corrected chi connectivity index (χ2v) is 4.79. The van der Waals surface area contributed by atoms with Gasteiger partial charge in [-0.2, -0.15) is 0 Å². The number of ether oxygens (including phenoxy) is 2. The highest BCUT2D eigenvalue weighted by Gasteiger charge is 2.31. The molecule has 0 bridgehead atoms. The zero-order chi connectivity index (χ0) is 15.1. The summed E-state index contributed by atoms with van der Waals surface area (Å²) >= 11 is 0. The summed E-state index contributed by atoms with van der Waals surface area (Å²) in [5.41, 5.74) is 1.10. The maximum absolute atomic E-state index is 11.3. The van der Waals surface area contributed by atoms with Gasteiger partial charge >= 0.3 is 5.97 Å². The van der Waals surface area contributed by atoms with Crippen molar-refractivity contribution in [1.29, 1.82) is 0 Å². The van der Waals surface area contributed by atoms with Crippen molar-refractivity contribution in [2.45, 2.75) is 18.9 Å². The lowest BCUT2D eigenvalue weighted by molar-refractivity contribution is -0.143. The zero-order valence-corrected chi connectivity index (χ0v) is 12.3. The number of methoxy groups -OCH3 is 1. The first-order valence-corrected chi connectivity index (χ1v) is 6.84. The molecule has 1 heterocycles. The highest BCUT2D eigenvalue weighted by atomic mass is 16.5. The van der Waals surface area contributed by atoms with Crippen LogP contribution in [-0.2, 0) is 19.9 Å². The highest BCUT2D eigenvalue weighted by molar-refractivity contribution is 5.69. The van der Waals surface area contributed by atoms with Crippen LogP contribution >= 0.6 is 0 Å². The molecule has 0 N–H and O–H groups in total. The predicted molar refractivity (Wildman–Crippen MR) is 79.7 cm³/mol. The standard InChI is InChI=1S/C17H19NO3/c1-17(14-8-4-3-5-9-14,15-10-6-7-12-18-15)21-13-11-16(19)20-2/h3-10,12H,11,13H2,1-2H3. The quantitative estimate of drug-likeness (QED) is 0.766. The number of benzene rings is 1. The number of nitrogens with zero attached hydrogens (tertiary/aromatic N) is 1. The van der Waals surface area contributed by atoms with E-state index in [1.54, 1.807) is 6.20 Å². The van der Waals surface area contributed by atoms with Crippen molar-refractivity contribution in [2.24, 2.45) is 0 Å². The third-order valence-corrected chi connectivity index (χ3v) is 3.40. The third kappa shape index (κ3) is 3.67. The van der Waals surface area contributed by atoms with Gasteiger partial charge < -0.3 is 9.47 Å². The number of rotatable bonds is 6. The average Bonchev–Trinajstić information content (AvgIpc) is 2.56. The average molecular weight is 285 g/mol. The lowest BCUT2D eigenvalue weighted by Crippen LogP contribution is -2.29. The fourth-order valence-electron chi connectivity index (χ4n) is 2.15. The number of pyridine rings is 1. The van der Waals surface area contributed by atoms with E-state index in [1.165, 1.54) is 7.11 Å². The third-order valence-electron chi connectivity index (χ3n) is 3.40. The van der Waals surface area contributed by atoms with Crippen LogP contribution in [0.1, 0.15) is 24.6 Å². The van der Waals surface area contributed by atoms with Crippen LogP contribution in [0.15, 0.2) is 54.7 Å². The van der Waals surface area contributed by atoms with Gasteiger partial charge in [-0.25, -0.2) is 0 Å². The van der Waals surface area contributed by atoms with E-state index in [1.807, 2.05) is 55.5 Å². The molecule has 1 aromatic heterocycles. The smallest absolute Gasteiger partial charge is 0.307 e. The second kappa shape index (κ2) is 6.99. The number of carbonyl (C=O) groups is 1. The van der Waals surface area contributed by atoms with Crippen LogP contribution in [-0.4, -0.2) is 24.7 Å². The van der Waals surface area contributed by atoms with E-state index in [0.717, 1.165) is 11.3 Å². The van der Waals surface area contributed by atoms with Gasteiger partial charge in [0.2, 0.25) is 0 Å². The summed E-state index contributed by atoms with van der Waals surface area (Å²) in [4.78, 5) is 15.7. The molecule has 4 heteroatoms. The molecule has 21 heavy (non-hydrogen) atoms. The highest BCUT2D eigenvalue weighted by Crippen LogP contribution is 2.31. The predicted octanol–water partition coefficient (Wildman–Crippen LogP) is 2.92. The van der Waals surface area contributed by atoms with Crippen molar-refractivity contribution in [1.82, 2.24) is 4.98 Å². The first-order valence-electron chi connectivity index (χ1n) is 6.84. The lowest BCUT2D eigenvalue weighted by Gasteiger charge is -2.30. The molecule has 0 fully saturated rings. The zero-order valence-electron chi connectivity index (χ0n) is 12.3. The summed E-state index contributed by atoms with van der Waals surface area (Å²) in [5.74, 6) is -0.286. The number of carbonyl (C=O) groups excluding carboxylic acids is 1. The van der Waals surface area contributed by atoms with Gasteiger partial charge in [-0.1, -0.05) is 36.4 Å². The molecule has 2 aromatic rings. The van der Waals surface area contributed by atoms with E-state index >= 15 is 0 Å².